The monoisotopic (exact) mass is 355 g/mol. The third-order valence-corrected chi connectivity index (χ3v) is 4.51. The summed E-state index contributed by atoms with van der Waals surface area (Å²) >= 11 is 0. The van der Waals surface area contributed by atoms with Crippen LogP contribution in [0.15, 0.2) is 40.8 Å². The maximum atomic E-state index is 12.6. The molecule has 3 aromatic rings. The molecule has 1 amide bonds. The lowest BCUT2D eigenvalue weighted by atomic mass is 10.3. The lowest BCUT2D eigenvalue weighted by molar-refractivity contribution is 0.0282. The number of morpholine rings is 1. The van der Waals surface area contributed by atoms with E-state index < -0.39 is 0 Å². The zero-order chi connectivity index (χ0) is 17.9. The fraction of sp³-hybridized carbons (Fsp3) is 0.368. The number of ether oxygens (including phenoxy) is 1. The van der Waals surface area contributed by atoms with Crippen LogP contribution in [0.25, 0.3) is 16.9 Å². The first-order chi connectivity index (χ1) is 12.8. The van der Waals surface area contributed by atoms with Crippen molar-refractivity contribution in [3.05, 3.63) is 48.0 Å². The average molecular weight is 355 g/mol. The second-order valence-electron chi connectivity index (χ2n) is 6.22. The SMILES string of the molecule is O=C(c1ccc(-n2c(CCCO)nc3ccccc32)o1)N1CCOCC1. The van der Waals surface area contributed by atoms with Gasteiger partial charge in [0, 0.05) is 32.2 Å². The van der Waals surface area contributed by atoms with Crippen LogP contribution in [0.3, 0.4) is 0 Å². The second-order valence-corrected chi connectivity index (χ2v) is 6.22. The normalized spacial score (nSPS) is 14.9. The summed E-state index contributed by atoms with van der Waals surface area (Å²) in [5.74, 6) is 1.55. The minimum absolute atomic E-state index is 0.0993. The molecule has 2 aromatic heterocycles. The fourth-order valence-electron chi connectivity index (χ4n) is 3.21. The minimum Gasteiger partial charge on any atom is -0.435 e. The highest BCUT2D eigenvalue weighted by molar-refractivity contribution is 5.92. The fourth-order valence-corrected chi connectivity index (χ4v) is 3.21. The third-order valence-electron chi connectivity index (χ3n) is 4.51. The van der Waals surface area contributed by atoms with Gasteiger partial charge < -0.3 is 19.2 Å². The largest absolute Gasteiger partial charge is 0.435 e. The van der Waals surface area contributed by atoms with E-state index in [-0.39, 0.29) is 12.5 Å². The molecule has 136 valence electrons. The Bertz CT molecular complexity index is 909. The topological polar surface area (TPSA) is 80.7 Å². The number of carbonyl (C=O) groups excluding carboxylic acids is 1. The highest BCUT2D eigenvalue weighted by atomic mass is 16.5. The highest BCUT2D eigenvalue weighted by Crippen LogP contribution is 2.24. The number of aryl methyl sites for hydroxylation is 1. The number of furan rings is 1. The molecule has 1 N–H and O–H groups in total. The van der Waals surface area contributed by atoms with Crippen molar-refractivity contribution in [2.24, 2.45) is 0 Å². The summed E-state index contributed by atoms with van der Waals surface area (Å²) in [6.07, 6.45) is 1.24. The first-order valence-electron chi connectivity index (χ1n) is 8.82. The van der Waals surface area contributed by atoms with Gasteiger partial charge in [0.2, 0.25) is 5.88 Å². The predicted octanol–water partition coefficient (Wildman–Crippen LogP) is 2.02. The summed E-state index contributed by atoms with van der Waals surface area (Å²) < 4.78 is 13.1. The van der Waals surface area contributed by atoms with E-state index in [1.807, 2.05) is 28.8 Å². The average Bonchev–Trinajstić information content (AvgIpc) is 3.30. The molecule has 0 spiro atoms. The number of hydrogen-bond donors (Lipinski definition) is 1. The van der Waals surface area contributed by atoms with E-state index >= 15 is 0 Å². The van der Waals surface area contributed by atoms with Crippen molar-refractivity contribution in [1.82, 2.24) is 14.5 Å². The zero-order valence-electron chi connectivity index (χ0n) is 14.4. The summed E-state index contributed by atoms with van der Waals surface area (Å²) in [5, 5.41) is 9.16. The maximum Gasteiger partial charge on any atom is 0.289 e. The van der Waals surface area contributed by atoms with E-state index in [4.69, 9.17) is 14.3 Å². The molecular formula is C19H21N3O4. The Balaban J connectivity index is 1.69. The van der Waals surface area contributed by atoms with E-state index in [1.54, 1.807) is 17.0 Å². The quantitative estimate of drug-likeness (QED) is 0.757. The Hall–Kier alpha value is -2.64. The van der Waals surface area contributed by atoms with Gasteiger partial charge in [0.25, 0.3) is 5.91 Å². The number of nitrogens with zero attached hydrogens (tertiary/aromatic N) is 3. The van der Waals surface area contributed by atoms with Crippen LogP contribution in [0, 0.1) is 0 Å². The smallest absolute Gasteiger partial charge is 0.289 e. The van der Waals surface area contributed by atoms with E-state index in [9.17, 15) is 4.79 Å². The molecule has 1 aliphatic rings. The minimum atomic E-state index is -0.124. The first-order valence-corrected chi connectivity index (χ1v) is 8.82. The van der Waals surface area contributed by atoms with E-state index in [2.05, 4.69) is 4.98 Å². The molecule has 1 fully saturated rings. The number of aromatic nitrogens is 2. The molecule has 7 nitrogen and oxygen atoms in total. The van der Waals surface area contributed by atoms with E-state index in [0.29, 0.717) is 50.8 Å². The molecule has 0 aliphatic carbocycles. The van der Waals surface area contributed by atoms with Crippen LogP contribution in [0.2, 0.25) is 0 Å². The highest BCUT2D eigenvalue weighted by Gasteiger charge is 2.23. The number of benzene rings is 1. The number of hydrogen-bond acceptors (Lipinski definition) is 5. The summed E-state index contributed by atoms with van der Waals surface area (Å²) in [4.78, 5) is 19.0. The predicted molar refractivity (Wildman–Crippen MR) is 95.5 cm³/mol. The molecular weight excluding hydrogens is 334 g/mol. The third kappa shape index (κ3) is 3.11. The van der Waals surface area contributed by atoms with Crippen molar-refractivity contribution in [1.29, 1.82) is 0 Å². The molecule has 4 rings (SSSR count). The summed E-state index contributed by atoms with van der Waals surface area (Å²) in [6, 6.07) is 11.3. The molecule has 0 unspecified atom stereocenters. The molecule has 0 atom stereocenters. The molecule has 0 bridgehead atoms. The Morgan fingerprint density at radius 2 is 1.96 bits per heavy atom. The van der Waals surface area contributed by atoms with Crippen LogP contribution in [-0.2, 0) is 11.2 Å². The van der Waals surface area contributed by atoms with Gasteiger partial charge in [-0.2, -0.15) is 0 Å². The van der Waals surface area contributed by atoms with Crippen LogP contribution in [0.5, 0.6) is 0 Å². The molecule has 0 saturated carbocycles. The van der Waals surface area contributed by atoms with Crippen molar-refractivity contribution >= 4 is 16.9 Å². The van der Waals surface area contributed by atoms with Crippen molar-refractivity contribution < 1.29 is 19.1 Å². The van der Waals surface area contributed by atoms with Gasteiger partial charge in [-0.05, 0) is 24.6 Å². The first kappa shape index (κ1) is 16.8. The number of amides is 1. The zero-order valence-corrected chi connectivity index (χ0v) is 14.4. The Morgan fingerprint density at radius 3 is 2.77 bits per heavy atom. The maximum absolute atomic E-state index is 12.6. The van der Waals surface area contributed by atoms with Crippen LogP contribution in [-0.4, -0.2) is 58.4 Å². The van der Waals surface area contributed by atoms with Crippen molar-refractivity contribution in [3.8, 4) is 5.88 Å². The molecule has 7 heteroatoms. The Labute approximate surface area is 150 Å². The number of rotatable bonds is 5. The summed E-state index contributed by atoms with van der Waals surface area (Å²) in [6.45, 7) is 2.35. The van der Waals surface area contributed by atoms with Crippen LogP contribution in [0.1, 0.15) is 22.8 Å². The van der Waals surface area contributed by atoms with Crippen molar-refractivity contribution in [2.75, 3.05) is 32.9 Å². The van der Waals surface area contributed by atoms with Gasteiger partial charge >= 0.3 is 0 Å². The number of carbonyl (C=O) groups is 1. The summed E-state index contributed by atoms with van der Waals surface area (Å²) in [5.41, 5.74) is 1.78. The lowest BCUT2D eigenvalue weighted by Gasteiger charge is -2.25. The Morgan fingerprint density at radius 1 is 1.15 bits per heavy atom. The molecule has 1 aromatic carbocycles. The van der Waals surface area contributed by atoms with Gasteiger partial charge in [0.1, 0.15) is 5.82 Å². The lowest BCUT2D eigenvalue weighted by Crippen LogP contribution is -2.40. The van der Waals surface area contributed by atoms with Gasteiger partial charge in [-0.1, -0.05) is 12.1 Å². The number of aliphatic hydroxyl groups is 1. The van der Waals surface area contributed by atoms with Crippen LogP contribution < -0.4 is 0 Å². The van der Waals surface area contributed by atoms with Gasteiger partial charge in [0.05, 0.1) is 24.2 Å². The second kappa shape index (κ2) is 7.31. The number of aliphatic hydroxyl groups excluding tert-OH is 1. The molecule has 26 heavy (non-hydrogen) atoms. The van der Waals surface area contributed by atoms with Gasteiger partial charge in [-0.15, -0.1) is 0 Å². The molecule has 1 saturated heterocycles. The number of imidazole rings is 1. The summed E-state index contributed by atoms with van der Waals surface area (Å²) in [7, 11) is 0. The van der Waals surface area contributed by atoms with Gasteiger partial charge in [0.15, 0.2) is 5.76 Å². The van der Waals surface area contributed by atoms with E-state index in [1.165, 1.54) is 0 Å². The van der Waals surface area contributed by atoms with E-state index in [0.717, 1.165) is 16.9 Å². The standard InChI is InChI=1S/C19H21N3O4/c23-11-3-6-17-20-14-4-1-2-5-15(14)22(17)18-8-7-16(26-18)19(24)21-9-12-25-13-10-21/h1-2,4-5,7-8,23H,3,6,9-13H2. The number of para-hydroxylation sites is 2. The number of fused-ring (bicyclic) bond motifs is 1. The van der Waals surface area contributed by atoms with Gasteiger partial charge in [-0.25, -0.2) is 4.98 Å². The molecule has 3 heterocycles. The van der Waals surface area contributed by atoms with Gasteiger partial charge in [-0.3, -0.25) is 9.36 Å². The molecule has 1 aliphatic heterocycles. The van der Waals surface area contributed by atoms with Crippen molar-refractivity contribution in [2.45, 2.75) is 12.8 Å². The molecule has 0 radical (unpaired) electrons. The van der Waals surface area contributed by atoms with Crippen LogP contribution in [0.4, 0.5) is 0 Å². The van der Waals surface area contributed by atoms with Crippen LogP contribution >= 0.6 is 0 Å². The Kier molecular flexibility index (Phi) is 4.73. The van der Waals surface area contributed by atoms with Crippen molar-refractivity contribution in [3.63, 3.8) is 0 Å².